The zero-order chi connectivity index (χ0) is 13.1. The Hall–Kier alpha value is -1.62. The number of carbonyl (C=O) groups excluding carboxylic acids is 3. The van der Waals surface area contributed by atoms with Gasteiger partial charge in [-0.15, -0.1) is 11.8 Å². The Balaban J connectivity index is 2.25. The van der Waals surface area contributed by atoms with E-state index in [-0.39, 0.29) is 18.1 Å². The van der Waals surface area contributed by atoms with Crippen LogP contribution in [0.15, 0.2) is 23.1 Å². The Bertz CT molecular complexity index is 525. The number of benzene rings is 1. The summed E-state index contributed by atoms with van der Waals surface area (Å²) in [6, 6.07) is 4.99. The van der Waals surface area contributed by atoms with Crippen LogP contribution in [0.4, 0.5) is 5.69 Å². The third kappa shape index (κ3) is 2.61. The zero-order valence-corrected chi connectivity index (χ0v) is 10.8. The molecule has 1 heterocycles. The summed E-state index contributed by atoms with van der Waals surface area (Å²) in [5.74, 6) is -0.566. The van der Waals surface area contributed by atoms with Crippen molar-refractivity contribution in [2.45, 2.75) is 24.7 Å². The van der Waals surface area contributed by atoms with Crippen LogP contribution in [0, 0.1) is 0 Å². The van der Waals surface area contributed by atoms with E-state index in [1.165, 1.54) is 11.8 Å². The molecule has 2 rings (SSSR count). The normalized spacial score (nSPS) is 13.7. The molecule has 1 aromatic rings. The molecular formula is C13H13NO3S. The number of fused-ring (bicyclic) bond motifs is 1. The average Bonchev–Trinajstić information content (AvgIpc) is 2.37. The lowest BCUT2D eigenvalue weighted by molar-refractivity contribution is -0.115. The second kappa shape index (κ2) is 5.35. The maximum absolute atomic E-state index is 11.8. The molecule has 0 unspecified atom stereocenters. The van der Waals surface area contributed by atoms with E-state index in [4.69, 9.17) is 0 Å². The molecule has 0 aliphatic carbocycles. The number of carbonyl (C=O) groups is 3. The van der Waals surface area contributed by atoms with Crippen molar-refractivity contribution in [3.8, 4) is 0 Å². The highest BCUT2D eigenvalue weighted by Gasteiger charge is 2.20. The monoisotopic (exact) mass is 263 g/mol. The molecule has 1 aliphatic heterocycles. The summed E-state index contributed by atoms with van der Waals surface area (Å²) in [6.07, 6.45) is 0.916. The average molecular weight is 263 g/mol. The highest BCUT2D eigenvalue weighted by Crippen LogP contribution is 2.32. The summed E-state index contributed by atoms with van der Waals surface area (Å²) in [4.78, 5) is 35.6. The lowest BCUT2D eigenvalue weighted by atomic mass is 10.0. The Kier molecular flexibility index (Phi) is 3.81. The van der Waals surface area contributed by atoms with Crippen molar-refractivity contribution in [3.05, 3.63) is 23.8 Å². The Labute approximate surface area is 109 Å². The van der Waals surface area contributed by atoms with E-state index in [0.717, 1.165) is 4.90 Å². The van der Waals surface area contributed by atoms with Crippen molar-refractivity contribution in [2.24, 2.45) is 0 Å². The summed E-state index contributed by atoms with van der Waals surface area (Å²) < 4.78 is 0. The summed E-state index contributed by atoms with van der Waals surface area (Å²) in [7, 11) is 0. The van der Waals surface area contributed by atoms with Crippen LogP contribution < -0.4 is 5.32 Å². The van der Waals surface area contributed by atoms with E-state index in [1.807, 2.05) is 6.92 Å². The van der Waals surface area contributed by atoms with Crippen LogP contribution in [0.25, 0.3) is 0 Å². The number of amides is 1. The summed E-state index contributed by atoms with van der Waals surface area (Å²) in [6.45, 7) is 1.86. The fourth-order valence-corrected chi connectivity index (χ4v) is 2.51. The van der Waals surface area contributed by atoms with Gasteiger partial charge in [0.25, 0.3) is 0 Å². The topological polar surface area (TPSA) is 63.2 Å². The van der Waals surface area contributed by atoms with Gasteiger partial charge in [-0.05, 0) is 24.6 Å². The molecule has 18 heavy (non-hydrogen) atoms. The molecule has 0 saturated carbocycles. The molecule has 0 saturated heterocycles. The maximum atomic E-state index is 11.8. The van der Waals surface area contributed by atoms with Gasteiger partial charge in [0.15, 0.2) is 0 Å². The zero-order valence-electron chi connectivity index (χ0n) is 9.99. The Morgan fingerprint density at radius 1 is 1.39 bits per heavy atom. The van der Waals surface area contributed by atoms with Gasteiger partial charge in [-0.3, -0.25) is 14.4 Å². The van der Waals surface area contributed by atoms with Gasteiger partial charge in [0.05, 0.1) is 11.4 Å². The molecule has 1 aliphatic rings. The summed E-state index contributed by atoms with van der Waals surface area (Å²) in [5.41, 5.74) is 0.960. The van der Waals surface area contributed by atoms with Crippen LogP contribution in [0.5, 0.6) is 0 Å². The van der Waals surface area contributed by atoms with Crippen LogP contribution in [0.2, 0.25) is 0 Å². The molecule has 1 aromatic carbocycles. The number of Topliss-reactive ketones (excluding diaryl/α,β-unsaturated/α-hetero) is 2. The fourth-order valence-electron chi connectivity index (χ4n) is 1.73. The number of thioether (sulfide) groups is 1. The molecule has 0 atom stereocenters. The van der Waals surface area contributed by atoms with Crippen molar-refractivity contribution in [3.63, 3.8) is 0 Å². The van der Waals surface area contributed by atoms with Crippen LogP contribution in [-0.4, -0.2) is 23.2 Å². The first-order valence-electron chi connectivity index (χ1n) is 5.76. The Morgan fingerprint density at radius 2 is 2.17 bits per heavy atom. The standard InChI is InChI=1S/C13H13NO3S/c1-2-3-10(15)13(17)8-4-5-11-9(6-8)14-12(16)7-18-11/h4-6H,2-3,7H2,1H3,(H,14,16). The van der Waals surface area contributed by atoms with Crippen LogP contribution in [0.3, 0.4) is 0 Å². The smallest absolute Gasteiger partial charge is 0.234 e. The van der Waals surface area contributed by atoms with Crippen molar-refractivity contribution >= 4 is 34.9 Å². The highest BCUT2D eigenvalue weighted by molar-refractivity contribution is 8.00. The van der Waals surface area contributed by atoms with Crippen LogP contribution >= 0.6 is 11.8 Å². The molecule has 0 radical (unpaired) electrons. The SMILES string of the molecule is CCCC(=O)C(=O)c1ccc2c(c1)NC(=O)CS2. The molecule has 94 valence electrons. The summed E-state index contributed by atoms with van der Waals surface area (Å²) in [5, 5.41) is 2.70. The lowest BCUT2D eigenvalue weighted by Crippen LogP contribution is -2.20. The second-order valence-corrected chi connectivity index (χ2v) is 5.07. The highest BCUT2D eigenvalue weighted by atomic mass is 32.2. The second-order valence-electron chi connectivity index (χ2n) is 4.05. The molecule has 1 amide bonds. The van der Waals surface area contributed by atoms with Gasteiger partial charge in [0.2, 0.25) is 17.5 Å². The van der Waals surface area contributed by atoms with Gasteiger partial charge in [0.1, 0.15) is 0 Å². The molecule has 0 spiro atoms. The summed E-state index contributed by atoms with van der Waals surface area (Å²) >= 11 is 1.43. The van der Waals surface area contributed by atoms with E-state index in [2.05, 4.69) is 5.32 Å². The molecule has 4 nitrogen and oxygen atoms in total. The minimum atomic E-state index is -0.482. The number of ketones is 2. The number of hydrogen-bond acceptors (Lipinski definition) is 4. The van der Waals surface area contributed by atoms with Crippen LogP contribution in [-0.2, 0) is 9.59 Å². The third-order valence-electron chi connectivity index (χ3n) is 2.60. The van der Waals surface area contributed by atoms with Crippen molar-refractivity contribution < 1.29 is 14.4 Å². The van der Waals surface area contributed by atoms with Gasteiger partial charge in [-0.2, -0.15) is 0 Å². The molecular weight excluding hydrogens is 250 g/mol. The minimum absolute atomic E-state index is 0.0861. The van der Waals surface area contributed by atoms with Gasteiger partial charge in [-0.1, -0.05) is 6.92 Å². The Morgan fingerprint density at radius 3 is 2.89 bits per heavy atom. The molecule has 1 N–H and O–H groups in total. The van der Waals surface area contributed by atoms with Gasteiger partial charge in [0, 0.05) is 16.9 Å². The van der Waals surface area contributed by atoms with Crippen molar-refractivity contribution in [1.82, 2.24) is 0 Å². The molecule has 5 heteroatoms. The van der Waals surface area contributed by atoms with E-state index in [0.29, 0.717) is 23.4 Å². The van der Waals surface area contributed by atoms with Gasteiger partial charge in [-0.25, -0.2) is 0 Å². The molecule has 0 aromatic heterocycles. The maximum Gasteiger partial charge on any atom is 0.234 e. The first-order valence-corrected chi connectivity index (χ1v) is 6.74. The number of rotatable bonds is 4. The lowest BCUT2D eigenvalue weighted by Gasteiger charge is -2.16. The minimum Gasteiger partial charge on any atom is -0.324 e. The van der Waals surface area contributed by atoms with E-state index in [9.17, 15) is 14.4 Å². The number of nitrogens with one attached hydrogen (secondary N) is 1. The third-order valence-corrected chi connectivity index (χ3v) is 3.68. The molecule has 0 fully saturated rings. The van der Waals surface area contributed by atoms with Crippen molar-refractivity contribution in [1.29, 1.82) is 0 Å². The van der Waals surface area contributed by atoms with E-state index < -0.39 is 5.78 Å². The largest absolute Gasteiger partial charge is 0.324 e. The first-order chi connectivity index (χ1) is 8.61. The quantitative estimate of drug-likeness (QED) is 0.668. The predicted octanol–water partition coefficient (Wildman–Crippen LogP) is 2.28. The van der Waals surface area contributed by atoms with E-state index >= 15 is 0 Å². The number of anilines is 1. The van der Waals surface area contributed by atoms with Crippen molar-refractivity contribution in [2.75, 3.05) is 11.1 Å². The van der Waals surface area contributed by atoms with Gasteiger partial charge >= 0.3 is 0 Å². The van der Waals surface area contributed by atoms with E-state index in [1.54, 1.807) is 18.2 Å². The van der Waals surface area contributed by atoms with Crippen LogP contribution in [0.1, 0.15) is 30.1 Å². The number of hydrogen-bond donors (Lipinski definition) is 1. The fraction of sp³-hybridized carbons (Fsp3) is 0.308. The first kappa shape index (κ1) is 12.8. The molecule has 0 bridgehead atoms. The predicted molar refractivity (Wildman–Crippen MR) is 70.0 cm³/mol. The van der Waals surface area contributed by atoms with Gasteiger partial charge < -0.3 is 5.32 Å².